The summed E-state index contributed by atoms with van der Waals surface area (Å²) in [7, 11) is 0. The van der Waals surface area contributed by atoms with Crippen molar-refractivity contribution in [3.63, 3.8) is 0 Å². The molecule has 3 aromatic rings. The first kappa shape index (κ1) is 15.5. The summed E-state index contributed by atoms with van der Waals surface area (Å²) in [6.07, 6.45) is 0. The van der Waals surface area contributed by atoms with Crippen molar-refractivity contribution in [2.45, 2.75) is 33.6 Å². The van der Waals surface area contributed by atoms with Crippen LogP contribution in [-0.4, -0.2) is 17.6 Å². The van der Waals surface area contributed by atoms with E-state index in [0.29, 0.717) is 6.61 Å². The van der Waals surface area contributed by atoms with Crippen LogP contribution in [0.25, 0.3) is 21.7 Å². The summed E-state index contributed by atoms with van der Waals surface area (Å²) >= 11 is 0. The van der Waals surface area contributed by atoms with Crippen molar-refractivity contribution in [3.05, 3.63) is 53.2 Å². The van der Waals surface area contributed by atoms with Crippen LogP contribution in [-0.2, 0) is 9.53 Å². The van der Waals surface area contributed by atoms with E-state index in [-0.39, 0.29) is 11.9 Å². The van der Waals surface area contributed by atoms with Gasteiger partial charge in [0.1, 0.15) is 0 Å². The molecule has 0 aliphatic rings. The number of aryl methyl sites for hydroxylation is 2. The number of hydrogen-bond acceptors (Lipinski definition) is 3. The molecule has 23 heavy (non-hydrogen) atoms. The van der Waals surface area contributed by atoms with Crippen molar-refractivity contribution in [1.29, 1.82) is 0 Å². The van der Waals surface area contributed by atoms with Crippen LogP contribution in [0.5, 0.6) is 0 Å². The molecule has 0 bridgehead atoms. The third kappa shape index (κ3) is 2.79. The van der Waals surface area contributed by atoms with Gasteiger partial charge in [-0.3, -0.25) is 9.78 Å². The standard InChI is InChI=1S/C20H21NO2/c1-5-23-20(22)14(4)19-15-8-6-12(2)10-16(15)17-11-13(3)7-9-18(17)21-19/h6-11,14H,5H2,1-4H3. The largest absolute Gasteiger partial charge is 0.465 e. The molecule has 1 heterocycles. The van der Waals surface area contributed by atoms with Gasteiger partial charge in [-0.1, -0.05) is 35.4 Å². The topological polar surface area (TPSA) is 39.2 Å². The van der Waals surface area contributed by atoms with Gasteiger partial charge in [0.2, 0.25) is 0 Å². The number of carbonyl (C=O) groups is 1. The smallest absolute Gasteiger partial charge is 0.314 e. The van der Waals surface area contributed by atoms with E-state index in [9.17, 15) is 4.79 Å². The Labute approximate surface area is 136 Å². The second kappa shape index (κ2) is 5.99. The van der Waals surface area contributed by atoms with Gasteiger partial charge in [0.15, 0.2) is 0 Å². The van der Waals surface area contributed by atoms with Crippen LogP contribution < -0.4 is 0 Å². The lowest BCUT2D eigenvalue weighted by Gasteiger charge is -2.15. The highest BCUT2D eigenvalue weighted by molar-refractivity contribution is 6.08. The molecule has 0 spiro atoms. The van der Waals surface area contributed by atoms with E-state index in [1.54, 1.807) is 0 Å². The van der Waals surface area contributed by atoms with E-state index < -0.39 is 0 Å². The highest BCUT2D eigenvalue weighted by atomic mass is 16.5. The van der Waals surface area contributed by atoms with Gasteiger partial charge in [-0.15, -0.1) is 0 Å². The van der Waals surface area contributed by atoms with Gasteiger partial charge in [0.05, 0.1) is 23.7 Å². The summed E-state index contributed by atoms with van der Waals surface area (Å²) in [5, 5.41) is 3.29. The minimum Gasteiger partial charge on any atom is -0.465 e. The van der Waals surface area contributed by atoms with Crippen LogP contribution >= 0.6 is 0 Å². The molecule has 0 saturated heterocycles. The fourth-order valence-electron chi connectivity index (χ4n) is 2.97. The average Bonchev–Trinajstić information content (AvgIpc) is 2.53. The molecule has 2 aromatic carbocycles. The van der Waals surface area contributed by atoms with Crippen molar-refractivity contribution in [2.75, 3.05) is 6.61 Å². The molecule has 0 aliphatic carbocycles. The van der Waals surface area contributed by atoms with Crippen molar-refractivity contribution < 1.29 is 9.53 Å². The Bertz CT molecular complexity index is 899. The van der Waals surface area contributed by atoms with Crippen LogP contribution in [0.15, 0.2) is 36.4 Å². The van der Waals surface area contributed by atoms with Gasteiger partial charge in [0, 0.05) is 10.8 Å². The van der Waals surface area contributed by atoms with Gasteiger partial charge in [-0.25, -0.2) is 0 Å². The SMILES string of the molecule is CCOC(=O)C(C)c1nc2ccc(C)cc2c2cc(C)ccc12. The quantitative estimate of drug-likeness (QED) is 0.521. The normalized spacial score (nSPS) is 12.5. The molecule has 0 aliphatic heterocycles. The Morgan fingerprint density at radius 1 is 1.04 bits per heavy atom. The predicted octanol–water partition coefficient (Wildman–Crippen LogP) is 4.67. The molecular weight excluding hydrogens is 286 g/mol. The molecule has 1 atom stereocenters. The molecular formula is C20H21NO2. The molecule has 0 fully saturated rings. The summed E-state index contributed by atoms with van der Waals surface area (Å²) in [6.45, 7) is 8.22. The Hall–Kier alpha value is -2.42. The molecule has 1 unspecified atom stereocenters. The highest BCUT2D eigenvalue weighted by Gasteiger charge is 2.21. The van der Waals surface area contributed by atoms with E-state index in [4.69, 9.17) is 9.72 Å². The number of pyridine rings is 1. The zero-order valence-electron chi connectivity index (χ0n) is 14.0. The first-order valence-electron chi connectivity index (χ1n) is 7.98. The van der Waals surface area contributed by atoms with Gasteiger partial charge >= 0.3 is 5.97 Å². The van der Waals surface area contributed by atoms with Gasteiger partial charge < -0.3 is 4.74 Å². The predicted molar refractivity (Wildman–Crippen MR) is 93.8 cm³/mol. The zero-order valence-corrected chi connectivity index (χ0v) is 14.0. The lowest BCUT2D eigenvalue weighted by molar-refractivity contribution is -0.144. The van der Waals surface area contributed by atoms with Crippen LogP contribution in [0, 0.1) is 13.8 Å². The number of ether oxygens (including phenoxy) is 1. The van der Waals surface area contributed by atoms with Crippen LogP contribution in [0.4, 0.5) is 0 Å². The molecule has 3 rings (SSSR count). The number of aromatic nitrogens is 1. The first-order chi connectivity index (χ1) is 11.0. The Morgan fingerprint density at radius 3 is 2.39 bits per heavy atom. The van der Waals surface area contributed by atoms with E-state index in [2.05, 4.69) is 44.2 Å². The maximum Gasteiger partial charge on any atom is 0.314 e. The second-order valence-corrected chi connectivity index (χ2v) is 6.04. The Morgan fingerprint density at radius 2 is 1.70 bits per heavy atom. The van der Waals surface area contributed by atoms with Gasteiger partial charge in [0.25, 0.3) is 0 Å². The fraction of sp³-hybridized carbons (Fsp3) is 0.300. The minimum absolute atomic E-state index is 0.228. The summed E-state index contributed by atoms with van der Waals surface area (Å²) in [5.41, 5.74) is 4.10. The van der Waals surface area contributed by atoms with Gasteiger partial charge in [-0.2, -0.15) is 0 Å². The number of nitrogens with zero attached hydrogens (tertiary/aromatic N) is 1. The minimum atomic E-state index is -0.383. The monoisotopic (exact) mass is 307 g/mol. The second-order valence-electron chi connectivity index (χ2n) is 6.04. The Kier molecular flexibility index (Phi) is 4.03. The van der Waals surface area contributed by atoms with Gasteiger partial charge in [-0.05, 0) is 45.2 Å². The lowest BCUT2D eigenvalue weighted by atomic mass is 9.95. The zero-order chi connectivity index (χ0) is 16.6. The molecule has 3 heteroatoms. The number of esters is 1. The molecule has 1 aromatic heterocycles. The summed E-state index contributed by atoms with van der Waals surface area (Å²) < 4.78 is 5.18. The number of carbonyl (C=O) groups excluding carboxylic acids is 1. The highest BCUT2D eigenvalue weighted by Crippen LogP contribution is 2.32. The van der Waals surface area contributed by atoms with E-state index >= 15 is 0 Å². The third-order valence-corrected chi connectivity index (χ3v) is 4.18. The lowest BCUT2D eigenvalue weighted by Crippen LogP contribution is -2.14. The molecule has 0 saturated carbocycles. The van der Waals surface area contributed by atoms with Crippen LogP contribution in [0.1, 0.15) is 36.6 Å². The third-order valence-electron chi connectivity index (χ3n) is 4.18. The average molecular weight is 307 g/mol. The molecule has 0 amide bonds. The fourth-order valence-corrected chi connectivity index (χ4v) is 2.97. The van der Waals surface area contributed by atoms with Crippen molar-refractivity contribution in [3.8, 4) is 0 Å². The molecule has 3 nitrogen and oxygen atoms in total. The summed E-state index contributed by atoms with van der Waals surface area (Å²) in [6, 6.07) is 12.5. The number of rotatable bonds is 3. The Balaban J connectivity index is 2.32. The van der Waals surface area contributed by atoms with E-state index in [0.717, 1.165) is 27.4 Å². The molecule has 0 N–H and O–H groups in total. The first-order valence-corrected chi connectivity index (χ1v) is 7.98. The molecule has 118 valence electrons. The van der Waals surface area contributed by atoms with E-state index in [1.807, 2.05) is 19.9 Å². The molecule has 0 radical (unpaired) electrons. The number of fused-ring (bicyclic) bond motifs is 3. The summed E-state index contributed by atoms with van der Waals surface area (Å²) in [4.78, 5) is 17.0. The van der Waals surface area contributed by atoms with Crippen molar-refractivity contribution in [1.82, 2.24) is 4.98 Å². The van der Waals surface area contributed by atoms with Crippen molar-refractivity contribution in [2.24, 2.45) is 0 Å². The van der Waals surface area contributed by atoms with Crippen LogP contribution in [0.3, 0.4) is 0 Å². The summed E-state index contributed by atoms with van der Waals surface area (Å²) in [5.74, 6) is -0.612. The van der Waals surface area contributed by atoms with E-state index in [1.165, 1.54) is 11.1 Å². The maximum atomic E-state index is 12.2. The van der Waals surface area contributed by atoms with Crippen LogP contribution in [0.2, 0.25) is 0 Å². The van der Waals surface area contributed by atoms with Crippen molar-refractivity contribution >= 4 is 27.6 Å². The number of hydrogen-bond donors (Lipinski definition) is 0. The maximum absolute atomic E-state index is 12.2. The number of benzene rings is 2.